The van der Waals surface area contributed by atoms with E-state index in [1.807, 2.05) is 11.9 Å². The molecule has 0 aliphatic rings. The number of carbonyl (C=O) groups is 1. The van der Waals surface area contributed by atoms with E-state index < -0.39 is 5.97 Å². The predicted octanol–water partition coefficient (Wildman–Crippen LogP) is 3.92. The summed E-state index contributed by atoms with van der Waals surface area (Å²) in [6, 6.07) is 11.5. The second-order valence-corrected chi connectivity index (χ2v) is 5.27. The van der Waals surface area contributed by atoms with Gasteiger partial charge in [-0.1, -0.05) is 18.2 Å². The summed E-state index contributed by atoms with van der Waals surface area (Å²) >= 11 is 3.23. The molecule has 0 aliphatic carbocycles. The number of carboxylic acids is 1. The van der Waals surface area contributed by atoms with Gasteiger partial charge in [0.2, 0.25) is 0 Å². The molecule has 0 saturated carbocycles. The second-order valence-electron chi connectivity index (χ2n) is 4.42. The van der Waals surface area contributed by atoms with E-state index in [-0.39, 0.29) is 11.4 Å². The minimum Gasteiger partial charge on any atom is -0.478 e. The lowest BCUT2D eigenvalue weighted by Crippen LogP contribution is -2.17. The van der Waals surface area contributed by atoms with E-state index >= 15 is 0 Å². The number of carboxylic acid groups (broad SMARTS) is 1. The lowest BCUT2D eigenvalue weighted by Gasteiger charge is -2.20. The molecule has 0 aromatic heterocycles. The average molecular weight is 338 g/mol. The van der Waals surface area contributed by atoms with E-state index in [4.69, 9.17) is 5.11 Å². The highest BCUT2D eigenvalue weighted by Gasteiger charge is 2.11. The first-order valence-electron chi connectivity index (χ1n) is 5.96. The molecule has 0 unspecified atom stereocenters. The Bertz CT molecular complexity index is 646. The molecule has 3 nitrogen and oxygen atoms in total. The third kappa shape index (κ3) is 3.17. The lowest BCUT2D eigenvalue weighted by atomic mass is 10.1. The second kappa shape index (κ2) is 6.05. The molecule has 0 amide bonds. The number of hydrogen-bond donors (Lipinski definition) is 1. The molecule has 0 radical (unpaired) electrons. The van der Waals surface area contributed by atoms with E-state index in [9.17, 15) is 9.18 Å². The summed E-state index contributed by atoms with van der Waals surface area (Å²) in [6.45, 7) is 0.408. The quantitative estimate of drug-likeness (QED) is 0.919. The van der Waals surface area contributed by atoms with Crippen LogP contribution in [0.25, 0.3) is 0 Å². The molecule has 20 heavy (non-hydrogen) atoms. The Morgan fingerprint density at radius 1 is 1.30 bits per heavy atom. The highest BCUT2D eigenvalue weighted by Crippen LogP contribution is 2.25. The minimum atomic E-state index is -0.986. The van der Waals surface area contributed by atoms with E-state index in [1.54, 1.807) is 30.3 Å². The van der Waals surface area contributed by atoms with Crippen LogP contribution in [0, 0.1) is 5.82 Å². The average Bonchev–Trinajstić information content (AvgIpc) is 2.40. The predicted molar refractivity (Wildman–Crippen MR) is 79.6 cm³/mol. The number of aromatic carboxylic acids is 1. The van der Waals surface area contributed by atoms with Gasteiger partial charge >= 0.3 is 5.97 Å². The topological polar surface area (TPSA) is 40.5 Å². The molecular formula is C15H13BrFNO2. The largest absolute Gasteiger partial charge is 0.478 e. The monoisotopic (exact) mass is 337 g/mol. The minimum absolute atomic E-state index is 0.202. The fraction of sp³-hybridized carbons (Fsp3) is 0.133. The molecule has 1 N–H and O–H groups in total. The summed E-state index contributed by atoms with van der Waals surface area (Å²) in [5, 5.41) is 8.97. The standard InChI is InChI=1S/C15H13BrFNO2/c1-18(9-10-4-2-3-5-14(10)17)11-6-7-12(15(19)20)13(16)8-11/h2-8H,9H2,1H3,(H,19,20). The first-order valence-corrected chi connectivity index (χ1v) is 6.75. The molecule has 104 valence electrons. The number of rotatable bonds is 4. The van der Waals surface area contributed by atoms with Crippen molar-refractivity contribution in [2.45, 2.75) is 6.54 Å². The highest BCUT2D eigenvalue weighted by molar-refractivity contribution is 9.10. The van der Waals surface area contributed by atoms with Crippen LogP contribution in [-0.2, 0) is 6.54 Å². The Morgan fingerprint density at radius 2 is 2.00 bits per heavy atom. The van der Waals surface area contributed by atoms with Gasteiger partial charge in [0.15, 0.2) is 0 Å². The van der Waals surface area contributed by atoms with Crippen molar-refractivity contribution in [2.24, 2.45) is 0 Å². The third-order valence-electron chi connectivity index (χ3n) is 2.99. The molecular weight excluding hydrogens is 325 g/mol. The van der Waals surface area contributed by atoms with Crippen LogP contribution in [0.4, 0.5) is 10.1 Å². The van der Waals surface area contributed by atoms with Crippen LogP contribution in [0.2, 0.25) is 0 Å². The fourth-order valence-electron chi connectivity index (χ4n) is 1.89. The first-order chi connectivity index (χ1) is 9.49. The summed E-state index contributed by atoms with van der Waals surface area (Å²) in [4.78, 5) is 12.8. The highest BCUT2D eigenvalue weighted by atomic mass is 79.9. The van der Waals surface area contributed by atoms with Crippen molar-refractivity contribution in [1.29, 1.82) is 0 Å². The normalized spacial score (nSPS) is 10.3. The Hall–Kier alpha value is -1.88. The van der Waals surface area contributed by atoms with Gasteiger partial charge in [0.25, 0.3) is 0 Å². The van der Waals surface area contributed by atoms with Crippen LogP contribution >= 0.6 is 15.9 Å². The number of halogens is 2. The van der Waals surface area contributed by atoms with Crippen molar-refractivity contribution >= 4 is 27.6 Å². The van der Waals surface area contributed by atoms with Gasteiger partial charge in [-0.15, -0.1) is 0 Å². The van der Waals surface area contributed by atoms with Crippen molar-refractivity contribution in [1.82, 2.24) is 0 Å². The van der Waals surface area contributed by atoms with Crippen molar-refractivity contribution < 1.29 is 14.3 Å². The maximum atomic E-state index is 13.6. The smallest absolute Gasteiger partial charge is 0.336 e. The van der Waals surface area contributed by atoms with Crippen LogP contribution in [0.1, 0.15) is 15.9 Å². The number of benzene rings is 2. The van der Waals surface area contributed by atoms with Crippen LogP contribution in [0.3, 0.4) is 0 Å². The van der Waals surface area contributed by atoms with Crippen molar-refractivity contribution in [3.8, 4) is 0 Å². The molecule has 0 aliphatic heterocycles. The zero-order valence-electron chi connectivity index (χ0n) is 10.8. The number of nitrogens with zero attached hydrogens (tertiary/aromatic N) is 1. The Labute approximate surface area is 124 Å². The third-order valence-corrected chi connectivity index (χ3v) is 3.65. The fourth-order valence-corrected chi connectivity index (χ4v) is 2.42. The van der Waals surface area contributed by atoms with Crippen molar-refractivity contribution in [2.75, 3.05) is 11.9 Å². The summed E-state index contributed by atoms with van der Waals surface area (Å²) in [5.74, 6) is -1.24. The van der Waals surface area contributed by atoms with Gasteiger partial charge in [-0.2, -0.15) is 0 Å². The van der Waals surface area contributed by atoms with E-state index in [2.05, 4.69) is 15.9 Å². The van der Waals surface area contributed by atoms with E-state index in [0.29, 0.717) is 16.6 Å². The molecule has 2 rings (SSSR count). The van der Waals surface area contributed by atoms with Crippen LogP contribution in [0.5, 0.6) is 0 Å². The lowest BCUT2D eigenvalue weighted by molar-refractivity contribution is 0.0696. The molecule has 0 spiro atoms. The molecule has 0 atom stereocenters. The molecule has 0 saturated heterocycles. The molecule has 0 bridgehead atoms. The van der Waals surface area contributed by atoms with Gasteiger partial charge in [0, 0.05) is 29.3 Å². The van der Waals surface area contributed by atoms with Gasteiger partial charge in [0.05, 0.1) is 5.56 Å². The van der Waals surface area contributed by atoms with Gasteiger partial charge in [-0.25, -0.2) is 9.18 Å². The van der Waals surface area contributed by atoms with Gasteiger partial charge in [-0.05, 0) is 40.2 Å². The summed E-state index contributed by atoms with van der Waals surface area (Å²) < 4.78 is 14.1. The molecule has 5 heteroatoms. The van der Waals surface area contributed by atoms with Gasteiger partial charge in [-0.3, -0.25) is 0 Å². The molecule has 2 aromatic carbocycles. The zero-order chi connectivity index (χ0) is 14.7. The Balaban J connectivity index is 2.22. The van der Waals surface area contributed by atoms with Gasteiger partial charge < -0.3 is 10.0 Å². The summed E-state index contributed by atoms with van der Waals surface area (Å²) in [5.41, 5.74) is 1.60. The summed E-state index contributed by atoms with van der Waals surface area (Å²) in [7, 11) is 1.83. The molecule has 0 fully saturated rings. The van der Waals surface area contributed by atoms with Crippen molar-refractivity contribution in [3.05, 3.63) is 63.9 Å². The Kier molecular flexibility index (Phi) is 4.39. The number of hydrogen-bond acceptors (Lipinski definition) is 2. The number of anilines is 1. The molecule has 0 heterocycles. The van der Waals surface area contributed by atoms with Crippen LogP contribution < -0.4 is 4.90 Å². The summed E-state index contributed by atoms with van der Waals surface area (Å²) in [6.07, 6.45) is 0. The SMILES string of the molecule is CN(Cc1ccccc1F)c1ccc(C(=O)O)c(Br)c1. The van der Waals surface area contributed by atoms with Crippen LogP contribution in [-0.4, -0.2) is 18.1 Å². The Morgan fingerprint density at radius 3 is 2.60 bits per heavy atom. The van der Waals surface area contributed by atoms with Crippen LogP contribution in [0.15, 0.2) is 46.9 Å². The zero-order valence-corrected chi connectivity index (χ0v) is 12.4. The van der Waals surface area contributed by atoms with Crippen molar-refractivity contribution in [3.63, 3.8) is 0 Å². The first kappa shape index (κ1) is 14.5. The molecule has 2 aromatic rings. The van der Waals surface area contributed by atoms with Gasteiger partial charge in [0.1, 0.15) is 5.82 Å². The maximum Gasteiger partial charge on any atom is 0.336 e. The maximum absolute atomic E-state index is 13.6. The van der Waals surface area contributed by atoms with E-state index in [0.717, 1.165) is 5.69 Å². The van der Waals surface area contributed by atoms with E-state index in [1.165, 1.54) is 12.1 Å².